The van der Waals surface area contributed by atoms with Crippen molar-refractivity contribution in [2.75, 3.05) is 18.4 Å². The average Bonchev–Trinajstić information content (AvgIpc) is 3.46. The zero-order valence-corrected chi connectivity index (χ0v) is 18.4. The van der Waals surface area contributed by atoms with Crippen molar-refractivity contribution in [1.29, 1.82) is 0 Å². The second-order valence-electron chi connectivity index (χ2n) is 7.53. The SMILES string of the molecule is O=C(Nc1nnc(C2CC2)s1)C1CCN(S(=O)(=O)c2ccc(Cl)c(C(F)(F)F)c2)CC1. The maximum Gasteiger partial charge on any atom is 0.417 e. The largest absolute Gasteiger partial charge is 0.417 e. The lowest BCUT2D eigenvalue weighted by molar-refractivity contribution is -0.137. The second kappa shape index (κ2) is 8.30. The molecule has 1 aromatic carbocycles. The van der Waals surface area contributed by atoms with Crippen LogP contribution in [-0.2, 0) is 21.0 Å². The van der Waals surface area contributed by atoms with E-state index >= 15 is 0 Å². The summed E-state index contributed by atoms with van der Waals surface area (Å²) in [7, 11) is -4.15. The normalized spacial score (nSPS) is 18.8. The van der Waals surface area contributed by atoms with Crippen LogP contribution in [0.15, 0.2) is 23.1 Å². The van der Waals surface area contributed by atoms with Crippen LogP contribution in [0.25, 0.3) is 0 Å². The second-order valence-corrected chi connectivity index (χ2v) is 10.9. The molecule has 13 heteroatoms. The quantitative estimate of drug-likeness (QED) is 0.674. The standard InChI is InChI=1S/C18H18ClF3N4O3S2/c19-14-4-3-12(9-13(14)18(20,21)22)31(28,29)26-7-5-10(6-8-26)15(27)23-17-25-24-16(30-17)11-1-2-11/h3-4,9-11H,1-2,5-8H2,(H,23,25,27). The molecule has 0 spiro atoms. The number of benzene rings is 1. The first-order valence-corrected chi connectivity index (χ1v) is 12.2. The molecule has 2 heterocycles. The van der Waals surface area contributed by atoms with Crippen LogP contribution < -0.4 is 5.32 Å². The Morgan fingerprint density at radius 3 is 2.45 bits per heavy atom. The lowest BCUT2D eigenvalue weighted by Crippen LogP contribution is -2.41. The van der Waals surface area contributed by atoms with Gasteiger partial charge in [-0.25, -0.2) is 8.42 Å². The van der Waals surface area contributed by atoms with Crippen molar-refractivity contribution in [3.8, 4) is 0 Å². The molecule has 2 aromatic rings. The zero-order chi connectivity index (χ0) is 22.4. The van der Waals surface area contributed by atoms with Crippen molar-refractivity contribution in [3.05, 3.63) is 33.8 Å². The minimum Gasteiger partial charge on any atom is -0.300 e. The maximum absolute atomic E-state index is 13.1. The van der Waals surface area contributed by atoms with Gasteiger partial charge in [-0.15, -0.1) is 10.2 Å². The lowest BCUT2D eigenvalue weighted by atomic mass is 9.97. The Bertz CT molecular complexity index is 1090. The number of amides is 1. The summed E-state index contributed by atoms with van der Waals surface area (Å²) in [5.41, 5.74) is -1.20. The van der Waals surface area contributed by atoms with Gasteiger partial charge in [-0.05, 0) is 43.9 Å². The predicted octanol–water partition coefficient (Wildman–Crippen LogP) is 4.13. The van der Waals surface area contributed by atoms with Crippen LogP contribution in [0.2, 0.25) is 5.02 Å². The molecular weight excluding hydrogens is 477 g/mol. The monoisotopic (exact) mass is 494 g/mol. The summed E-state index contributed by atoms with van der Waals surface area (Å²) in [6.07, 6.45) is -2.11. The molecule has 1 amide bonds. The molecule has 2 fully saturated rings. The van der Waals surface area contributed by atoms with Gasteiger partial charge in [-0.2, -0.15) is 17.5 Å². The summed E-state index contributed by atoms with van der Waals surface area (Å²) in [5.74, 6) is -0.251. The van der Waals surface area contributed by atoms with Gasteiger partial charge in [0.05, 0.1) is 15.5 Å². The average molecular weight is 495 g/mol. The van der Waals surface area contributed by atoms with Crippen LogP contribution in [0.4, 0.5) is 18.3 Å². The number of rotatable bonds is 5. The van der Waals surface area contributed by atoms with Crippen molar-refractivity contribution in [1.82, 2.24) is 14.5 Å². The molecule has 1 aliphatic heterocycles. The summed E-state index contributed by atoms with van der Waals surface area (Å²) < 4.78 is 66.0. The molecule has 168 valence electrons. The van der Waals surface area contributed by atoms with Gasteiger partial charge < -0.3 is 5.32 Å². The van der Waals surface area contributed by atoms with E-state index in [1.54, 1.807) is 0 Å². The summed E-state index contributed by atoms with van der Waals surface area (Å²) >= 11 is 6.92. The maximum atomic E-state index is 13.1. The van der Waals surface area contributed by atoms with E-state index in [1.807, 2.05) is 0 Å². The number of hydrogen-bond acceptors (Lipinski definition) is 6. The van der Waals surface area contributed by atoms with Crippen molar-refractivity contribution in [2.45, 2.75) is 42.7 Å². The van der Waals surface area contributed by atoms with Gasteiger partial charge in [0.2, 0.25) is 21.1 Å². The number of hydrogen-bond donors (Lipinski definition) is 1. The fourth-order valence-electron chi connectivity index (χ4n) is 3.38. The van der Waals surface area contributed by atoms with Crippen molar-refractivity contribution >= 4 is 44.0 Å². The van der Waals surface area contributed by atoms with Gasteiger partial charge in [0, 0.05) is 24.9 Å². The fraction of sp³-hybridized carbons (Fsp3) is 0.500. The number of carbonyl (C=O) groups excluding carboxylic acids is 1. The Balaban J connectivity index is 1.40. The zero-order valence-electron chi connectivity index (χ0n) is 16.0. The summed E-state index contributed by atoms with van der Waals surface area (Å²) in [6, 6.07) is 2.53. The highest BCUT2D eigenvalue weighted by Gasteiger charge is 2.37. The molecule has 2 aliphatic rings. The van der Waals surface area contributed by atoms with Crippen LogP contribution in [0.1, 0.15) is 42.2 Å². The van der Waals surface area contributed by atoms with Crippen molar-refractivity contribution in [2.24, 2.45) is 5.92 Å². The number of piperidine rings is 1. The number of aromatic nitrogens is 2. The molecule has 1 saturated carbocycles. The van der Waals surface area contributed by atoms with Crippen molar-refractivity contribution < 1.29 is 26.4 Å². The van der Waals surface area contributed by atoms with E-state index in [1.165, 1.54) is 11.3 Å². The Morgan fingerprint density at radius 2 is 1.84 bits per heavy atom. The highest BCUT2D eigenvalue weighted by Crippen LogP contribution is 2.42. The Hall–Kier alpha value is -1.76. The number of anilines is 1. The smallest absolute Gasteiger partial charge is 0.300 e. The first-order chi connectivity index (χ1) is 14.6. The first-order valence-electron chi connectivity index (χ1n) is 9.57. The number of halogens is 4. The van der Waals surface area contributed by atoms with E-state index < -0.39 is 37.6 Å². The van der Waals surface area contributed by atoms with Gasteiger partial charge in [-0.1, -0.05) is 22.9 Å². The fourth-order valence-corrected chi connectivity index (χ4v) is 6.01. The molecular formula is C18H18ClF3N4O3S2. The molecule has 0 unspecified atom stereocenters. The van der Waals surface area contributed by atoms with E-state index in [2.05, 4.69) is 15.5 Å². The Labute approximate surface area is 185 Å². The minimum atomic E-state index is -4.77. The van der Waals surface area contributed by atoms with Crippen LogP contribution in [-0.4, -0.2) is 41.9 Å². The minimum absolute atomic E-state index is 0.0217. The van der Waals surface area contributed by atoms with Gasteiger partial charge >= 0.3 is 6.18 Å². The van der Waals surface area contributed by atoms with Crippen LogP contribution in [0, 0.1) is 5.92 Å². The molecule has 31 heavy (non-hydrogen) atoms. The van der Waals surface area contributed by atoms with Gasteiger partial charge in [0.15, 0.2) is 0 Å². The number of alkyl halides is 3. The third-order valence-corrected chi connectivity index (χ3v) is 8.53. The third-order valence-electron chi connectivity index (χ3n) is 5.30. The molecule has 0 radical (unpaired) electrons. The lowest BCUT2D eigenvalue weighted by Gasteiger charge is -2.30. The molecule has 1 N–H and O–H groups in total. The first kappa shape index (κ1) is 22.4. The Morgan fingerprint density at radius 1 is 1.16 bits per heavy atom. The summed E-state index contributed by atoms with van der Waals surface area (Å²) in [6.45, 7) is 0.0433. The third kappa shape index (κ3) is 4.86. The summed E-state index contributed by atoms with van der Waals surface area (Å²) in [4.78, 5) is 12.0. The van der Waals surface area contributed by atoms with Crippen molar-refractivity contribution in [3.63, 3.8) is 0 Å². The van der Waals surface area contributed by atoms with E-state index in [0.717, 1.165) is 34.3 Å². The molecule has 0 atom stereocenters. The van der Waals surface area contributed by atoms with E-state index in [4.69, 9.17) is 11.6 Å². The molecule has 0 bridgehead atoms. The number of nitrogens with zero attached hydrogens (tertiary/aromatic N) is 3. The highest BCUT2D eigenvalue weighted by molar-refractivity contribution is 7.89. The molecule has 7 nitrogen and oxygen atoms in total. The molecule has 1 aliphatic carbocycles. The van der Waals surface area contributed by atoms with Crippen LogP contribution in [0.3, 0.4) is 0 Å². The van der Waals surface area contributed by atoms with E-state index in [9.17, 15) is 26.4 Å². The van der Waals surface area contributed by atoms with Gasteiger partial charge in [0.25, 0.3) is 0 Å². The summed E-state index contributed by atoms with van der Waals surface area (Å²) in [5, 5.41) is 11.5. The van der Waals surface area contributed by atoms with Gasteiger partial charge in [-0.3, -0.25) is 4.79 Å². The van der Waals surface area contributed by atoms with Gasteiger partial charge in [0.1, 0.15) is 5.01 Å². The van der Waals surface area contributed by atoms with E-state index in [-0.39, 0.29) is 31.8 Å². The number of sulfonamides is 1. The highest BCUT2D eigenvalue weighted by atomic mass is 35.5. The predicted molar refractivity (Wildman–Crippen MR) is 108 cm³/mol. The topological polar surface area (TPSA) is 92.3 Å². The Kier molecular flexibility index (Phi) is 6.01. The van der Waals surface area contributed by atoms with E-state index in [0.29, 0.717) is 17.1 Å². The van der Waals surface area contributed by atoms with Crippen LogP contribution >= 0.6 is 22.9 Å². The number of carbonyl (C=O) groups is 1. The number of nitrogens with one attached hydrogen (secondary N) is 1. The molecule has 4 rings (SSSR count). The molecule has 1 aromatic heterocycles. The van der Waals surface area contributed by atoms with Crippen LogP contribution in [0.5, 0.6) is 0 Å². The molecule has 1 saturated heterocycles.